The van der Waals surface area contributed by atoms with Gasteiger partial charge >= 0.3 is 0 Å². The highest BCUT2D eigenvalue weighted by Gasteiger charge is 2.30. The molecule has 100 valence electrons. The lowest BCUT2D eigenvalue weighted by Gasteiger charge is -2.24. The number of hydrogen-bond acceptors (Lipinski definition) is 3. The molecule has 1 saturated heterocycles. The highest BCUT2D eigenvalue weighted by atomic mass is 35.5. The third kappa shape index (κ3) is 4.12. The number of ether oxygens (including phenoxy) is 1. The fourth-order valence-corrected chi connectivity index (χ4v) is 2.63. The van der Waals surface area contributed by atoms with E-state index in [0.29, 0.717) is 6.54 Å². The van der Waals surface area contributed by atoms with E-state index in [2.05, 4.69) is 5.32 Å². The molecule has 1 aliphatic carbocycles. The van der Waals surface area contributed by atoms with Crippen LogP contribution in [0.1, 0.15) is 38.5 Å². The van der Waals surface area contributed by atoms with E-state index in [1.807, 2.05) is 0 Å². The van der Waals surface area contributed by atoms with E-state index in [9.17, 15) is 4.79 Å². The second-order valence-corrected chi connectivity index (χ2v) is 4.93. The van der Waals surface area contributed by atoms with E-state index < -0.39 is 0 Å². The molecule has 0 spiro atoms. The van der Waals surface area contributed by atoms with Gasteiger partial charge in [-0.1, -0.05) is 6.42 Å². The Morgan fingerprint density at radius 3 is 2.65 bits per heavy atom. The summed E-state index contributed by atoms with van der Waals surface area (Å²) in [5.74, 6) is 0.155. The minimum Gasteiger partial charge on any atom is -0.376 e. The van der Waals surface area contributed by atoms with E-state index in [-0.39, 0.29) is 36.4 Å². The molecule has 1 amide bonds. The molecule has 0 aromatic heterocycles. The lowest BCUT2D eigenvalue weighted by atomic mass is 10.0. The SMILES string of the molecule is Cl.NC1CCCC1C(=O)NCC1CCCCO1. The van der Waals surface area contributed by atoms with Crippen molar-refractivity contribution in [2.75, 3.05) is 13.2 Å². The highest BCUT2D eigenvalue weighted by Crippen LogP contribution is 2.24. The van der Waals surface area contributed by atoms with Crippen molar-refractivity contribution < 1.29 is 9.53 Å². The zero-order chi connectivity index (χ0) is 11.4. The summed E-state index contributed by atoms with van der Waals surface area (Å²) in [6.07, 6.45) is 6.66. The van der Waals surface area contributed by atoms with Gasteiger partial charge in [0.25, 0.3) is 0 Å². The zero-order valence-electron chi connectivity index (χ0n) is 10.2. The van der Waals surface area contributed by atoms with Crippen LogP contribution in [-0.4, -0.2) is 31.2 Å². The molecule has 2 aliphatic rings. The van der Waals surface area contributed by atoms with Crippen molar-refractivity contribution >= 4 is 18.3 Å². The van der Waals surface area contributed by atoms with Crippen LogP contribution in [0.3, 0.4) is 0 Å². The van der Waals surface area contributed by atoms with Crippen LogP contribution in [-0.2, 0) is 9.53 Å². The third-order valence-corrected chi connectivity index (χ3v) is 3.68. The Balaban J connectivity index is 0.00000144. The summed E-state index contributed by atoms with van der Waals surface area (Å²) >= 11 is 0. The van der Waals surface area contributed by atoms with Crippen molar-refractivity contribution in [1.82, 2.24) is 5.32 Å². The minimum atomic E-state index is 0. The van der Waals surface area contributed by atoms with Gasteiger partial charge in [-0.15, -0.1) is 12.4 Å². The number of rotatable bonds is 3. The molecule has 1 heterocycles. The first-order chi connectivity index (χ1) is 7.77. The number of nitrogens with two attached hydrogens (primary N) is 1. The fourth-order valence-electron chi connectivity index (χ4n) is 2.63. The summed E-state index contributed by atoms with van der Waals surface area (Å²) < 4.78 is 5.57. The van der Waals surface area contributed by atoms with Crippen LogP contribution in [0.4, 0.5) is 0 Å². The molecule has 0 bridgehead atoms. The first-order valence-electron chi connectivity index (χ1n) is 6.42. The van der Waals surface area contributed by atoms with Crippen LogP contribution in [0.15, 0.2) is 0 Å². The van der Waals surface area contributed by atoms with Gasteiger partial charge in [0, 0.05) is 19.2 Å². The Hall–Kier alpha value is -0.320. The van der Waals surface area contributed by atoms with Crippen LogP contribution in [0.5, 0.6) is 0 Å². The van der Waals surface area contributed by atoms with Gasteiger partial charge in [0.1, 0.15) is 0 Å². The van der Waals surface area contributed by atoms with E-state index in [4.69, 9.17) is 10.5 Å². The molecule has 0 aromatic rings. The molecule has 5 heteroatoms. The van der Waals surface area contributed by atoms with Crippen LogP contribution in [0.2, 0.25) is 0 Å². The number of nitrogens with one attached hydrogen (secondary N) is 1. The molecule has 1 saturated carbocycles. The van der Waals surface area contributed by atoms with Crippen molar-refractivity contribution in [3.63, 3.8) is 0 Å². The average Bonchev–Trinajstić information content (AvgIpc) is 2.74. The summed E-state index contributed by atoms with van der Waals surface area (Å²) in [6.45, 7) is 1.49. The van der Waals surface area contributed by atoms with E-state index in [0.717, 1.165) is 38.7 Å². The van der Waals surface area contributed by atoms with Gasteiger partial charge in [-0.2, -0.15) is 0 Å². The molecule has 2 rings (SSSR count). The van der Waals surface area contributed by atoms with Gasteiger partial charge in [0.05, 0.1) is 12.0 Å². The first-order valence-corrected chi connectivity index (χ1v) is 6.42. The molecule has 3 N–H and O–H groups in total. The molecular formula is C12H23ClN2O2. The molecule has 2 fully saturated rings. The van der Waals surface area contributed by atoms with Crippen molar-refractivity contribution in [2.45, 2.75) is 50.7 Å². The van der Waals surface area contributed by atoms with Crippen LogP contribution >= 0.6 is 12.4 Å². The Kier molecular flexibility index (Phi) is 6.23. The number of halogens is 1. The molecule has 3 atom stereocenters. The average molecular weight is 263 g/mol. The normalized spacial score (nSPS) is 32.9. The van der Waals surface area contributed by atoms with Crippen molar-refractivity contribution in [3.8, 4) is 0 Å². The van der Waals surface area contributed by atoms with Crippen LogP contribution in [0.25, 0.3) is 0 Å². The van der Waals surface area contributed by atoms with E-state index >= 15 is 0 Å². The Morgan fingerprint density at radius 1 is 1.24 bits per heavy atom. The summed E-state index contributed by atoms with van der Waals surface area (Å²) in [7, 11) is 0. The highest BCUT2D eigenvalue weighted by molar-refractivity contribution is 5.85. The van der Waals surface area contributed by atoms with Crippen molar-refractivity contribution in [1.29, 1.82) is 0 Å². The Bertz CT molecular complexity index is 245. The van der Waals surface area contributed by atoms with Crippen LogP contribution < -0.4 is 11.1 Å². The largest absolute Gasteiger partial charge is 0.376 e. The van der Waals surface area contributed by atoms with Crippen molar-refractivity contribution in [3.05, 3.63) is 0 Å². The summed E-state index contributed by atoms with van der Waals surface area (Å²) in [6, 6.07) is 0.0623. The predicted octanol–water partition coefficient (Wildman–Crippen LogP) is 1.22. The quantitative estimate of drug-likeness (QED) is 0.804. The summed E-state index contributed by atoms with van der Waals surface area (Å²) in [4.78, 5) is 11.9. The summed E-state index contributed by atoms with van der Waals surface area (Å²) in [5.41, 5.74) is 5.90. The Morgan fingerprint density at radius 2 is 2.06 bits per heavy atom. The molecule has 0 radical (unpaired) electrons. The van der Waals surface area contributed by atoms with Crippen LogP contribution in [0, 0.1) is 5.92 Å². The number of carbonyl (C=O) groups excluding carboxylic acids is 1. The minimum absolute atomic E-state index is 0. The molecule has 17 heavy (non-hydrogen) atoms. The lowest BCUT2D eigenvalue weighted by molar-refractivity contribution is -0.126. The van der Waals surface area contributed by atoms with Gasteiger partial charge < -0.3 is 15.8 Å². The van der Waals surface area contributed by atoms with E-state index in [1.165, 1.54) is 6.42 Å². The fraction of sp³-hybridized carbons (Fsp3) is 0.917. The van der Waals surface area contributed by atoms with E-state index in [1.54, 1.807) is 0 Å². The molecule has 1 aliphatic heterocycles. The lowest BCUT2D eigenvalue weighted by Crippen LogP contribution is -2.42. The van der Waals surface area contributed by atoms with Gasteiger partial charge in [-0.25, -0.2) is 0 Å². The second kappa shape index (κ2) is 7.19. The number of carbonyl (C=O) groups is 1. The standard InChI is InChI=1S/C12H22N2O2.ClH/c13-11-6-3-5-10(11)12(15)14-8-9-4-1-2-7-16-9;/h9-11H,1-8,13H2,(H,14,15);1H. The third-order valence-electron chi connectivity index (χ3n) is 3.68. The maximum atomic E-state index is 11.9. The summed E-state index contributed by atoms with van der Waals surface area (Å²) in [5, 5.41) is 2.98. The monoisotopic (exact) mass is 262 g/mol. The van der Waals surface area contributed by atoms with Crippen molar-refractivity contribution in [2.24, 2.45) is 11.7 Å². The molecule has 4 nitrogen and oxygen atoms in total. The number of amides is 1. The van der Waals surface area contributed by atoms with Gasteiger partial charge in [-0.05, 0) is 32.1 Å². The predicted molar refractivity (Wildman–Crippen MR) is 69.2 cm³/mol. The molecule has 0 aromatic carbocycles. The maximum absolute atomic E-state index is 11.9. The molecular weight excluding hydrogens is 240 g/mol. The number of hydrogen-bond donors (Lipinski definition) is 2. The first kappa shape index (κ1) is 14.7. The second-order valence-electron chi connectivity index (χ2n) is 4.93. The smallest absolute Gasteiger partial charge is 0.224 e. The zero-order valence-corrected chi connectivity index (χ0v) is 11.0. The topological polar surface area (TPSA) is 64.4 Å². The Labute approximate surface area is 109 Å². The van der Waals surface area contributed by atoms with Gasteiger partial charge in [0.15, 0.2) is 0 Å². The molecule has 3 unspecified atom stereocenters. The maximum Gasteiger partial charge on any atom is 0.224 e. The van der Waals surface area contributed by atoms with Gasteiger partial charge in [0.2, 0.25) is 5.91 Å². The van der Waals surface area contributed by atoms with Gasteiger partial charge in [-0.3, -0.25) is 4.79 Å².